The molecule has 1 heterocycles. The van der Waals surface area contributed by atoms with Crippen LogP contribution >= 0.6 is 0 Å². The molecule has 0 aliphatic rings. The molecular formula is C8H6FNO. The van der Waals surface area contributed by atoms with Crippen LogP contribution in [0.15, 0.2) is 28.9 Å². The van der Waals surface area contributed by atoms with Gasteiger partial charge in [0.05, 0.1) is 6.26 Å². The molecule has 0 saturated heterocycles. The highest BCUT2D eigenvalue weighted by Crippen LogP contribution is 2.24. The van der Waals surface area contributed by atoms with E-state index in [0.29, 0.717) is 11.1 Å². The SMILES string of the molecule is Nc1ccc(F)c2occc12. The summed E-state index contributed by atoms with van der Waals surface area (Å²) in [4.78, 5) is 0. The summed E-state index contributed by atoms with van der Waals surface area (Å²) in [5.41, 5.74) is 6.31. The van der Waals surface area contributed by atoms with Crippen molar-refractivity contribution in [3.63, 3.8) is 0 Å². The van der Waals surface area contributed by atoms with Gasteiger partial charge >= 0.3 is 0 Å². The molecule has 0 aliphatic carbocycles. The van der Waals surface area contributed by atoms with Gasteiger partial charge in [-0.05, 0) is 18.2 Å². The highest BCUT2D eigenvalue weighted by atomic mass is 19.1. The number of anilines is 1. The third kappa shape index (κ3) is 0.774. The highest BCUT2D eigenvalue weighted by Gasteiger charge is 2.05. The van der Waals surface area contributed by atoms with Gasteiger partial charge in [0.2, 0.25) is 0 Å². The Morgan fingerprint density at radius 1 is 1.27 bits per heavy atom. The standard InChI is InChI=1S/C8H6FNO/c9-6-1-2-7(10)5-3-4-11-8(5)6/h1-4H,10H2. The van der Waals surface area contributed by atoms with Crippen molar-refractivity contribution in [1.29, 1.82) is 0 Å². The molecule has 2 rings (SSSR count). The maximum absolute atomic E-state index is 12.9. The Kier molecular flexibility index (Phi) is 1.12. The molecule has 0 saturated carbocycles. The highest BCUT2D eigenvalue weighted by molar-refractivity contribution is 5.89. The van der Waals surface area contributed by atoms with Crippen LogP contribution in [0, 0.1) is 5.82 Å². The molecule has 0 aliphatic heterocycles. The van der Waals surface area contributed by atoms with Gasteiger partial charge in [-0.2, -0.15) is 0 Å². The Morgan fingerprint density at radius 3 is 2.82 bits per heavy atom. The predicted molar refractivity (Wildman–Crippen MR) is 40.6 cm³/mol. The molecule has 2 aromatic rings. The minimum Gasteiger partial charge on any atom is -0.461 e. The van der Waals surface area contributed by atoms with E-state index in [2.05, 4.69) is 0 Å². The largest absolute Gasteiger partial charge is 0.461 e. The zero-order valence-electron chi connectivity index (χ0n) is 5.67. The molecule has 1 aromatic heterocycles. The summed E-state index contributed by atoms with van der Waals surface area (Å²) < 4.78 is 17.7. The van der Waals surface area contributed by atoms with Crippen LogP contribution in [0.4, 0.5) is 10.1 Å². The fourth-order valence-corrected chi connectivity index (χ4v) is 1.05. The predicted octanol–water partition coefficient (Wildman–Crippen LogP) is 2.15. The fourth-order valence-electron chi connectivity index (χ4n) is 1.05. The second-order valence-corrected chi connectivity index (χ2v) is 2.30. The quantitative estimate of drug-likeness (QED) is 0.586. The van der Waals surface area contributed by atoms with E-state index < -0.39 is 0 Å². The number of benzene rings is 1. The van der Waals surface area contributed by atoms with Crippen LogP contribution in [0.1, 0.15) is 0 Å². The van der Waals surface area contributed by atoms with Crippen LogP contribution < -0.4 is 5.73 Å². The van der Waals surface area contributed by atoms with Crippen molar-refractivity contribution in [2.24, 2.45) is 0 Å². The van der Waals surface area contributed by atoms with E-state index in [0.717, 1.165) is 0 Å². The third-order valence-electron chi connectivity index (χ3n) is 1.60. The first-order valence-electron chi connectivity index (χ1n) is 3.20. The monoisotopic (exact) mass is 151 g/mol. The molecule has 3 heteroatoms. The summed E-state index contributed by atoms with van der Waals surface area (Å²) >= 11 is 0. The fraction of sp³-hybridized carbons (Fsp3) is 0. The smallest absolute Gasteiger partial charge is 0.171 e. The Bertz CT molecular complexity index is 358. The lowest BCUT2D eigenvalue weighted by atomic mass is 10.2. The van der Waals surface area contributed by atoms with E-state index in [4.69, 9.17) is 10.2 Å². The van der Waals surface area contributed by atoms with Crippen LogP contribution in [0.2, 0.25) is 0 Å². The molecule has 11 heavy (non-hydrogen) atoms. The second-order valence-electron chi connectivity index (χ2n) is 2.30. The first kappa shape index (κ1) is 6.22. The Labute approximate surface area is 62.4 Å². The van der Waals surface area contributed by atoms with Gasteiger partial charge in [-0.25, -0.2) is 4.39 Å². The van der Waals surface area contributed by atoms with Crippen LogP contribution in [0.3, 0.4) is 0 Å². The van der Waals surface area contributed by atoms with E-state index in [9.17, 15) is 4.39 Å². The molecule has 0 amide bonds. The van der Waals surface area contributed by atoms with Crippen molar-refractivity contribution in [3.8, 4) is 0 Å². The molecule has 0 atom stereocenters. The number of halogens is 1. The van der Waals surface area contributed by atoms with Gasteiger partial charge < -0.3 is 10.2 Å². The number of hydrogen-bond donors (Lipinski definition) is 1. The number of nitrogen functional groups attached to an aromatic ring is 1. The van der Waals surface area contributed by atoms with Crippen LogP contribution in [-0.4, -0.2) is 0 Å². The molecule has 0 spiro atoms. The van der Waals surface area contributed by atoms with E-state index in [1.165, 1.54) is 18.4 Å². The first-order chi connectivity index (χ1) is 5.29. The van der Waals surface area contributed by atoms with E-state index in [-0.39, 0.29) is 11.4 Å². The van der Waals surface area contributed by atoms with Gasteiger partial charge in [0, 0.05) is 11.1 Å². The van der Waals surface area contributed by atoms with Gasteiger partial charge in [-0.3, -0.25) is 0 Å². The topological polar surface area (TPSA) is 39.2 Å². The third-order valence-corrected chi connectivity index (χ3v) is 1.60. The second kappa shape index (κ2) is 1.99. The first-order valence-corrected chi connectivity index (χ1v) is 3.20. The molecule has 56 valence electrons. The zero-order chi connectivity index (χ0) is 7.84. The normalized spacial score (nSPS) is 10.6. The van der Waals surface area contributed by atoms with Crippen molar-refractivity contribution >= 4 is 16.7 Å². The molecule has 0 unspecified atom stereocenters. The Morgan fingerprint density at radius 2 is 2.09 bits per heavy atom. The van der Waals surface area contributed by atoms with Gasteiger partial charge in [0.25, 0.3) is 0 Å². The van der Waals surface area contributed by atoms with Crippen LogP contribution in [0.5, 0.6) is 0 Å². The number of nitrogens with two attached hydrogens (primary N) is 1. The molecule has 1 aromatic carbocycles. The number of rotatable bonds is 0. The lowest BCUT2D eigenvalue weighted by molar-refractivity contribution is 0.560. The van der Waals surface area contributed by atoms with Gasteiger partial charge in [-0.15, -0.1) is 0 Å². The summed E-state index contributed by atoms with van der Waals surface area (Å²) in [7, 11) is 0. The van der Waals surface area contributed by atoms with Gasteiger partial charge in [-0.1, -0.05) is 0 Å². The average Bonchev–Trinajstić information content (AvgIpc) is 2.45. The number of furan rings is 1. The zero-order valence-corrected chi connectivity index (χ0v) is 5.67. The maximum atomic E-state index is 12.9. The van der Waals surface area contributed by atoms with Crippen molar-refractivity contribution in [2.75, 3.05) is 5.73 Å². The summed E-state index contributed by atoms with van der Waals surface area (Å²) in [6.45, 7) is 0. The molecule has 0 fully saturated rings. The molecule has 0 radical (unpaired) electrons. The van der Waals surface area contributed by atoms with E-state index in [1.807, 2.05) is 0 Å². The van der Waals surface area contributed by atoms with E-state index in [1.54, 1.807) is 6.07 Å². The molecule has 0 bridgehead atoms. The van der Waals surface area contributed by atoms with Gasteiger partial charge in [0.1, 0.15) is 0 Å². The summed E-state index contributed by atoms with van der Waals surface area (Å²) in [5.74, 6) is -0.376. The molecule has 2 nitrogen and oxygen atoms in total. The van der Waals surface area contributed by atoms with Crippen molar-refractivity contribution < 1.29 is 8.81 Å². The minimum absolute atomic E-state index is 0.227. The van der Waals surface area contributed by atoms with Crippen molar-refractivity contribution in [2.45, 2.75) is 0 Å². The number of fused-ring (bicyclic) bond motifs is 1. The average molecular weight is 151 g/mol. The van der Waals surface area contributed by atoms with Crippen LogP contribution in [0.25, 0.3) is 11.0 Å². The van der Waals surface area contributed by atoms with Crippen molar-refractivity contribution in [3.05, 3.63) is 30.3 Å². The van der Waals surface area contributed by atoms with E-state index >= 15 is 0 Å². The van der Waals surface area contributed by atoms with Crippen LogP contribution in [-0.2, 0) is 0 Å². The minimum atomic E-state index is -0.376. The summed E-state index contributed by atoms with van der Waals surface area (Å²) in [6, 6.07) is 4.46. The molecule has 2 N–H and O–H groups in total. The number of hydrogen-bond acceptors (Lipinski definition) is 2. The maximum Gasteiger partial charge on any atom is 0.171 e. The Hall–Kier alpha value is -1.51. The lowest BCUT2D eigenvalue weighted by Crippen LogP contribution is -1.85. The summed E-state index contributed by atoms with van der Waals surface area (Å²) in [5, 5.41) is 0.630. The van der Waals surface area contributed by atoms with Gasteiger partial charge in [0.15, 0.2) is 11.4 Å². The Balaban J connectivity index is 2.96. The summed E-state index contributed by atoms with van der Waals surface area (Å²) in [6.07, 6.45) is 1.42. The lowest BCUT2D eigenvalue weighted by Gasteiger charge is -1.94. The van der Waals surface area contributed by atoms with Crippen molar-refractivity contribution in [1.82, 2.24) is 0 Å². The molecular weight excluding hydrogens is 145 g/mol.